The van der Waals surface area contributed by atoms with Crippen molar-refractivity contribution in [3.63, 3.8) is 0 Å². The highest BCUT2D eigenvalue weighted by molar-refractivity contribution is 6.33. The Kier molecular flexibility index (Phi) is 2.32. The van der Waals surface area contributed by atoms with Crippen molar-refractivity contribution in [2.75, 3.05) is 6.79 Å². The summed E-state index contributed by atoms with van der Waals surface area (Å²) in [4.78, 5) is 0. The molecule has 1 aliphatic carbocycles. The molecule has 1 saturated carbocycles. The van der Waals surface area contributed by atoms with Gasteiger partial charge in [0.2, 0.25) is 6.79 Å². The van der Waals surface area contributed by atoms with Crippen molar-refractivity contribution in [2.45, 2.75) is 38.1 Å². The van der Waals surface area contributed by atoms with Crippen LogP contribution in [0.25, 0.3) is 0 Å². The molecule has 0 saturated heterocycles. The van der Waals surface area contributed by atoms with E-state index in [2.05, 4.69) is 6.92 Å². The average molecular weight is 254 g/mol. The highest BCUT2D eigenvalue weighted by Crippen LogP contribution is 2.57. The van der Waals surface area contributed by atoms with Gasteiger partial charge in [-0.3, -0.25) is 0 Å². The van der Waals surface area contributed by atoms with E-state index in [9.17, 15) is 0 Å². The van der Waals surface area contributed by atoms with Gasteiger partial charge in [-0.15, -0.1) is 0 Å². The largest absolute Gasteiger partial charge is 0.454 e. The molecule has 2 N–H and O–H groups in total. The quantitative estimate of drug-likeness (QED) is 0.882. The van der Waals surface area contributed by atoms with E-state index in [1.54, 1.807) is 0 Å². The Labute approximate surface area is 106 Å². The molecule has 3 nitrogen and oxygen atoms in total. The minimum atomic E-state index is 0.0438. The third kappa shape index (κ3) is 1.45. The molecule has 0 amide bonds. The van der Waals surface area contributed by atoms with Crippen molar-refractivity contribution in [2.24, 2.45) is 5.73 Å². The molecule has 0 spiro atoms. The number of fused-ring (bicyclic) bond motifs is 1. The Morgan fingerprint density at radius 2 is 2.12 bits per heavy atom. The van der Waals surface area contributed by atoms with E-state index in [0.29, 0.717) is 10.8 Å². The molecule has 0 aromatic heterocycles. The van der Waals surface area contributed by atoms with Gasteiger partial charge in [0.05, 0.1) is 5.02 Å². The number of hydrogen-bond acceptors (Lipinski definition) is 3. The van der Waals surface area contributed by atoms with E-state index in [1.807, 2.05) is 13.0 Å². The van der Waals surface area contributed by atoms with Crippen LogP contribution in [0.15, 0.2) is 6.07 Å². The summed E-state index contributed by atoms with van der Waals surface area (Å²) < 4.78 is 10.8. The zero-order valence-corrected chi connectivity index (χ0v) is 10.8. The SMILES string of the molecule is Cc1cc2c(c(Cl)c1C1(C(C)N)CC1)OCO2. The first kappa shape index (κ1) is 11.2. The molecule has 0 bridgehead atoms. The van der Waals surface area contributed by atoms with Crippen LogP contribution in [0.1, 0.15) is 30.9 Å². The minimum absolute atomic E-state index is 0.0438. The van der Waals surface area contributed by atoms with Crippen molar-refractivity contribution in [1.82, 2.24) is 0 Å². The predicted molar refractivity (Wildman–Crippen MR) is 66.9 cm³/mol. The first-order valence-corrected chi connectivity index (χ1v) is 6.29. The Bertz CT molecular complexity index is 481. The number of benzene rings is 1. The molecule has 4 heteroatoms. The molecule has 1 atom stereocenters. The van der Waals surface area contributed by atoms with Crippen LogP contribution >= 0.6 is 11.6 Å². The van der Waals surface area contributed by atoms with E-state index < -0.39 is 0 Å². The minimum Gasteiger partial charge on any atom is -0.454 e. The van der Waals surface area contributed by atoms with Crippen LogP contribution in [0.3, 0.4) is 0 Å². The van der Waals surface area contributed by atoms with Crippen molar-refractivity contribution in [3.05, 3.63) is 22.2 Å². The Balaban J connectivity index is 2.18. The highest BCUT2D eigenvalue weighted by Gasteiger charge is 2.50. The Morgan fingerprint density at radius 1 is 1.41 bits per heavy atom. The zero-order chi connectivity index (χ0) is 12.2. The van der Waals surface area contributed by atoms with Gasteiger partial charge in [-0.25, -0.2) is 0 Å². The fraction of sp³-hybridized carbons (Fsp3) is 0.538. The molecule has 1 aromatic carbocycles. The summed E-state index contributed by atoms with van der Waals surface area (Å²) in [6.07, 6.45) is 2.20. The van der Waals surface area contributed by atoms with Gasteiger partial charge in [0.25, 0.3) is 0 Å². The molecule has 17 heavy (non-hydrogen) atoms. The van der Waals surface area contributed by atoms with E-state index >= 15 is 0 Å². The van der Waals surface area contributed by atoms with Crippen molar-refractivity contribution >= 4 is 11.6 Å². The maximum atomic E-state index is 6.47. The van der Waals surface area contributed by atoms with Gasteiger partial charge >= 0.3 is 0 Å². The maximum absolute atomic E-state index is 6.47. The lowest BCUT2D eigenvalue weighted by atomic mass is 9.86. The number of hydrogen-bond donors (Lipinski definition) is 1. The molecule has 1 fully saturated rings. The van der Waals surface area contributed by atoms with Gasteiger partial charge in [-0.2, -0.15) is 0 Å². The standard InChI is InChI=1S/C13H16ClNO2/c1-7-5-9-12(17-6-16-9)11(14)10(7)13(3-4-13)8(2)15/h5,8H,3-4,6,15H2,1-2H3. The molecule has 1 aliphatic heterocycles. The van der Waals surface area contributed by atoms with E-state index in [0.717, 1.165) is 29.7 Å². The van der Waals surface area contributed by atoms with E-state index in [1.165, 1.54) is 0 Å². The second-order valence-electron chi connectivity index (χ2n) is 5.06. The topological polar surface area (TPSA) is 44.5 Å². The molecule has 2 aliphatic rings. The first-order valence-electron chi connectivity index (χ1n) is 5.91. The van der Waals surface area contributed by atoms with Crippen LogP contribution < -0.4 is 15.2 Å². The predicted octanol–water partition coefficient (Wildman–Crippen LogP) is 2.76. The number of halogens is 1. The van der Waals surface area contributed by atoms with Gasteiger partial charge in [-0.05, 0) is 43.9 Å². The second kappa shape index (κ2) is 3.53. The summed E-state index contributed by atoms with van der Waals surface area (Å²) in [5.41, 5.74) is 8.46. The lowest BCUT2D eigenvalue weighted by Crippen LogP contribution is -2.32. The van der Waals surface area contributed by atoms with Crippen molar-refractivity contribution in [1.29, 1.82) is 0 Å². The Hall–Kier alpha value is -0.930. The van der Waals surface area contributed by atoms with Crippen LogP contribution in [0.4, 0.5) is 0 Å². The molecular formula is C13H16ClNO2. The Morgan fingerprint density at radius 3 is 2.71 bits per heavy atom. The molecule has 1 unspecified atom stereocenters. The second-order valence-corrected chi connectivity index (χ2v) is 5.44. The summed E-state index contributed by atoms with van der Waals surface area (Å²) in [5, 5.41) is 0.687. The lowest BCUT2D eigenvalue weighted by Gasteiger charge is -2.24. The summed E-state index contributed by atoms with van der Waals surface area (Å²) >= 11 is 6.47. The van der Waals surface area contributed by atoms with Gasteiger partial charge in [0.1, 0.15) is 0 Å². The van der Waals surface area contributed by atoms with Crippen molar-refractivity contribution < 1.29 is 9.47 Å². The fourth-order valence-electron chi connectivity index (χ4n) is 2.80. The number of ether oxygens (including phenoxy) is 2. The first-order chi connectivity index (χ1) is 8.06. The number of aryl methyl sites for hydroxylation is 1. The fourth-order valence-corrected chi connectivity index (χ4v) is 3.29. The highest BCUT2D eigenvalue weighted by atomic mass is 35.5. The van der Waals surface area contributed by atoms with Gasteiger partial charge in [0, 0.05) is 11.5 Å². The smallest absolute Gasteiger partial charge is 0.231 e. The van der Waals surface area contributed by atoms with Crippen LogP contribution in [0.2, 0.25) is 5.02 Å². The van der Waals surface area contributed by atoms with Crippen molar-refractivity contribution in [3.8, 4) is 11.5 Å². The summed E-state index contributed by atoms with van der Waals surface area (Å²) in [5.74, 6) is 1.43. The molecule has 1 heterocycles. The van der Waals surface area contributed by atoms with Gasteiger partial charge < -0.3 is 15.2 Å². The normalized spacial score (nSPS) is 21.4. The lowest BCUT2D eigenvalue weighted by molar-refractivity contribution is 0.174. The van der Waals surface area contributed by atoms with Crippen LogP contribution in [0, 0.1) is 6.92 Å². The van der Waals surface area contributed by atoms with Crippen LogP contribution in [-0.4, -0.2) is 12.8 Å². The van der Waals surface area contributed by atoms with Gasteiger partial charge in [0.15, 0.2) is 11.5 Å². The monoisotopic (exact) mass is 253 g/mol. The molecule has 0 radical (unpaired) electrons. The molecule has 1 aromatic rings. The van der Waals surface area contributed by atoms with Gasteiger partial charge in [-0.1, -0.05) is 11.6 Å². The number of nitrogens with two attached hydrogens (primary N) is 1. The zero-order valence-electron chi connectivity index (χ0n) is 10.0. The van der Waals surface area contributed by atoms with Crippen LogP contribution in [0.5, 0.6) is 11.5 Å². The summed E-state index contributed by atoms with van der Waals surface area (Å²) in [7, 11) is 0. The number of rotatable bonds is 2. The third-order valence-corrected chi connectivity index (χ3v) is 4.32. The van der Waals surface area contributed by atoms with E-state index in [4.69, 9.17) is 26.8 Å². The average Bonchev–Trinajstić information content (AvgIpc) is 2.91. The summed E-state index contributed by atoms with van der Waals surface area (Å²) in [6.45, 7) is 4.36. The molecule has 3 rings (SSSR count). The maximum Gasteiger partial charge on any atom is 0.231 e. The summed E-state index contributed by atoms with van der Waals surface area (Å²) in [6, 6.07) is 2.12. The molecule has 92 valence electrons. The molecular weight excluding hydrogens is 238 g/mol. The van der Waals surface area contributed by atoms with Crippen LogP contribution in [-0.2, 0) is 5.41 Å². The van der Waals surface area contributed by atoms with E-state index in [-0.39, 0.29) is 18.2 Å². The third-order valence-electron chi connectivity index (χ3n) is 3.96.